The van der Waals surface area contributed by atoms with Crippen LogP contribution in [0.2, 0.25) is 0 Å². The van der Waals surface area contributed by atoms with Gasteiger partial charge in [0.15, 0.2) is 0 Å². The molecule has 0 atom stereocenters. The fourth-order valence-electron chi connectivity index (χ4n) is 2.69. The third-order valence-corrected chi connectivity index (χ3v) is 5.07. The number of anilines is 1. The normalized spacial score (nSPS) is 13.4. The Bertz CT molecular complexity index is 752. The minimum absolute atomic E-state index is 0.159. The van der Waals surface area contributed by atoms with Crippen molar-refractivity contribution in [2.75, 3.05) is 18.5 Å². The van der Waals surface area contributed by atoms with Crippen LogP contribution >= 0.6 is 11.3 Å². The lowest BCUT2D eigenvalue weighted by atomic mass is 10.1. The summed E-state index contributed by atoms with van der Waals surface area (Å²) in [6, 6.07) is 9.83. The van der Waals surface area contributed by atoms with Gasteiger partial charge in [0.2, 0.25) is 5.91 Å². The fraction of sp³-hybridized carbons (Fsp3) is 0.400. The van der Waals surface area contributed by atoms with E-state index < -0.39 is 0 Å². The molecule has 0 saturated heterocycles. The van der Waals surface area contributed by atoms with E-state index in [0.717, 1.165) is 24.0 Å². The van der Waals surface area contributed by atoms with E-state index in [9.17, 15) is 9.59 Å². The maximum Gasteiger partial charge on any atom is 0.341 e. The molecule has 0 aliphatic heterocycles. The first-order chi connectivity index (χ1) is 12.7. The van der Waals surface area contributed by atoms with Crippen molar-refractivity contribution in [2.24, 2.45) is 0 Å². The monoisotopic (exact) mass is 373 g/mol. The van der Waals surface area contributed by atoms with Crippen molar-refractivity contribution >= 4 is 28.2 Å². The van der Waals surface area contributed by atoms with Gasteiger partial charge in [0.25, 0.3) is 0 Å². The molecular weight excluding hydrogens is 350 g/mol. The van der Waals surface area contributed by atoms with Crippen molar-refractivity contribution < 1.29 is 19.1 Å². The highest BCUT2D eigenvalue weighted by molar-refractivity contribution is 7.15. The van der Waals surface area contributed by atoms with Crippen LogP contribution < -0.4 is 5.32 Å². The first-order valence-corrected chi connectivity index (χ1v) is 9.77. The van der Waals surface area contributed by atoms with Gasteiger partial charge >= 0.3 is 5.97 Å². The molecule has 0 unspecified atom stereocenters. The number of nitrogens with one attached hydrogen (secondary N) is 1. The second-order valence-corrected chi connectivity index (χ2v) is 7.11. The second-order valence-electron chi connectivity index (χ2n) is 6.23. The van der Waals surface area contributed by atoms with Crippen molar-refractivity contribution in [3.8, 4) is 0 Å². The van der Waals surface area contributed by atoms with Crippen LogP contribution in [0.4, 0.5) is 5.00 Å². The minimum atomic E-state index is -0.355. The molecule has 1 N–H and O–H groups in total. The van der Waals surface area contributed by atoms with Crippen molar-refractivity contribution in [1.82, 2.24) is 0 Å². The summed E-state index contributed by atoms with van der Waals surface area (Å²) in [4.78, 5) is 24.5. The quantitative estimate of drug-likeness (QED) is 0.524. The molecule has 3 rings (SSSR count). The van der Waals surface area contributed by atoms with E-state index in [4.69, 9.17) is 9.47 Å². The van der Waals surface area contributed by atoms with Crippen LogP contribution in [0.15, 0.2) is 35.7 Å². The Labute approximate surface area is 157 Å². The van der Waals surface area contributed by atoms with Crippen LogP contribution in [0.1, 0.15) is 53.6 Å². The van der Waals surface area contributed by atoms with Crippen LogP contribution in [0.3, 0.4) is 0 Å². The predicted molar refractivity (Wildman–Crippen MR) is 102 cm³/mol. The molecule has 1 amide bonds. The number of esters is 1. The summed E-state index contributed by atoms with van der Waals surface area (Å²) in [5.74, 6) is -0.0930. The summed E-state index contributed by atoms with van der Waals surface area (Å²) in [6.45, 7) is 2.91. The summed E-state index contributed by atoms with van der Waals surface area (Å²) < 4.78 is 10.7. The smallest absolute Gasteiger partial charge is 0.341 e. The van der Waals surface area contributed by atoms with Gasteiger partial charge in [-0.2, -0.15) is 0 Å². The van der Waals surface area contributed by atoms with Gasteiger partial charge in [-0.15, -0.1) is 11.3 Å². The second kappa shape index (κ2) is 8.96. The van der Waals surface area contributed by atoms with E-state index in [1.807, 2.05) is 35.7 Å². The number of carbonyl (C=O) groups is 2. The van der Waals surface area contributed by atoms with Gasteiger partial charge in [0, 0.05) is 0 Å². The molecule has 2 aromatic rings. The van der Waals surface area contributed by atoms with Crippen molar-refractivity contribution in [3.63, 3.8) is 0 Å². The van der Waals surface area contributed by atoms with Gasteiger partial charge in [0.1, 0.15) is 5.00 Å². The highest BCUT2D eigenvalue weighted by Gasteiger charge is 2.32. The molecule has 1 fully saturated rings. The fourth-order valence-corrected chi connectivity index (χ4v) is 3.74. The van der Waals surface area contributed by atoms with Crippen molar-refractivity contribution in [1.29, 1.82) is 0 Å². The minimum Gasteiger partial charge on any atom is -0.462 e. The molecule has 5 nitrogen and oxygen atoms in total. The third kappa shape index (κ3) is 4.93. The maximum absolute atomic E-state index is 12.3. The Balaban J connectivity index is 1.53. The molecule has 138 valence electrons. The maximum atomic E-state index is 12.3. The molecule has 1 aliphatic carbocycles. The van der Waals surface area contributed by atoms with Gasteiger partial charge in [0.05, 0.1) is 31.8 Å². The van der Waals surface area contributed by atoms with E-state index in [1.54, 1.807) is 6.92 Å². The number of hydrogen-bond acceptors (Lipinski definition) is 5. The SMILES string of the molecule is CCOC(=O)c1c(C2CC2)csc1NC(=O)CCOCc1ccccc1. The average Bonchev–Trinajstić information content (AvgIpc) is 3.40. The van der Waals surface area contributed by atoms with E-state index in [-0.39, 0.29) is 18.3 Å². The Hall–Kier alpha value is -2.18. The zero-order chi connectivity index (χ0) is 18.4. The predicted octanol–water partition coefficient (Wildman–Crippen LogP) is 4.35. The lowest BCUT2D eigenvalue weighted by molar-refractivity contribution is -0.117. The lowest BCUT2D eigenvalue weighted by Crippen LogP contribution is -2.16. The summed E-state index contributed by atoms with van der Waals surface area (Å²) in [7, 11) is 0. The largest absolute Gasteiger partial charge is 0.462 e. The van der Waals surface area contributed by atoms with Gasteiger partial charge in [-0.1, -0.05) is 30.3 Å². The van der Waals surface area contributed by atoms with Crippen molar-refractivity contribution in [2.45, 2.75) is 38.7 Å². The standard InChI is InChI=1S/C20H23NO4S/c1-2-25-20(23)18-16(15-8-9-15)13-26-19(18)21-17(22)10-11-24-12-14-6-4-3-5-7-14/h3-7,13,15H,2,8-12H2,1H3,(H,21,22). The molecule has 1 saturated carbocycles. The first-order valence-electron chi connectivity index (χ1n) is 8.89. The molecule has 1 aromatic heterocycles. The van der Waals surface area contributed by atoms with Crippen LogP contribution in [0.5, 0.6) is 0 Å². The third-order valence-electron chi connectivity index (χ3n) is 4.15. The average molecular weight is 373 g/mol. The van der Waals surface area contributed by atoms with Gasteiger partial charge in [-0.25, -0.2) is 4.79 Å². The molecular formula is C20H23NO4S. The molecule has 1 aromatic carbocycles. The van der Waals surface area contributed by atoms with Gasteiger partial charge < -0.3 is 14.8 Å². The first kappa shape index (κ1) is 18.6. The Morgan fingerprint density at radius 3 is 2.69 bits per heavy atom. The highest BCUT2D eigenvalue weighted by atomic mass is 32.1. The molecule has 6 heteroatoms. The number of rotatable bonds is 9. The number of hydrogen-bond donors (Lipinski definition) is 1. The van der Waals surface area contributed by atoms with Crippen LogP contribution in [-0.2, 0) is 20.9 Å². The summed E-state index contributed by atoms with van der Waals surface area (Å²) in [6.07, 6.45) is 2.42. The van der Waals surface area contributed by atoms with E-state index in [1.165, 1.54) is 11.3 Å². The molecule has 1 heterocycles. The number of carbonyl (C=O) groups excluding carboxylic acids is 2. The Morgan fingerprint density at radius 2 is 2.00 bits per heavy atom. The number of amides is 1. The Kier molecular flexibility index (Phi) is 6.41. The van der Waals surface area contributed by atoms with Gasteiger partial charge in [-0.05, 0) is 42.2 Å². The van der Waals surface area contributed by atoms with Crippen LogP contribution in [0.25, 0.3) is 0 Å². The number of benzene rings is 1. The summed E-state index contributed by atoms with van der Waals surface area (Å²) in [5.41, 5.74) is 2.60. The van der Waals surface area contributed by atoms with E-state index in [0.29, 0.717) is 36.3 Å². The summed E-state index contributed by atoms with van der Waals surface area (Å²) in [5, 5.41) is 5.40. The van der Waals surface area contributed by atoms with Crippen LogP contribution in [0, 0.1) is 0 Å². The van der Waals surface area contributed by atoms with E-state index >= 15 is 0 Å². The number of thiophene rings is 1. The van der Waals surface area contributed by atoms with Crippen LogP contribution in [-0.4, -0.2) is 25.1 Å². The van der Waals surface area contributed by atoms with E-state index in [2.05, 4.69) is 5.32 Å². The van der Waals surface area contributed by atoms with Gasteiger partial charge in [-0.3, -0.25) is 4.79 Å². The number of ether oxygens (including phenoxy) is 2. The molecule has 0 spiro atoms. The lowest BCUT2D eigenvalue weighted by Gasteiger charge is -2.08. The highest BCUT2D eigenvalue weighted by Crippen LogP contribution is 2.46. The molecule has 0 radical (unpaired) electrons. The zero-order valence-electron chi connectivity index (χ0n) is 14.8. The Morgan fingerprint density at radius 1 is 1.23 bits per heavy atom. The molecule has 1 aliphatic rings. The zero-order valence-corrected chi connectivity index (χ0v) is 15.6. The molecule has 26 heavy (non-hydrogen) atoms. The molecule has 0 bridgehead atoms. The summed E-state index contributed by atoms with van der Waals surface area (Å²) >= 11 is 1.39. The van der Waals surface area contributed by atoms with Crippen molar-refractivity contribution in [3.05, 3.63) is 52.4 Å². The topological polar surface area (TPSA) is 64.6 Å².